The Bertz CT molecular complexity index is 391. The van der Waals surface area contributed by atoms with E-state index in [0.717, 1.165) is 5.56 Å². The van der Waals surface area contributed by atoms with Gasteiger partial charge in [-0.25, -0.2) is 4.79 Å². The molecule has 0 saturated carbocycles. The molecule has 0 saturated heterocycles. The quantitative estimate of drug-likeness (QED) is 0.814. The van der Waals surface area contributed by atoms with Gasteiger partial charge in [0.1, 0.15) is 0 Å². The Labute approximate surface area is 90.3 Å². The Balaban J connectivity index is 2.95. The van der Waals surface area contributed by atoms with Gasteiger partial charge in [0.15, 0.2) is 0 Å². The van der Waals surface area contributed by atoms with Crippen LogP contribution in [0.25, 0.3) is 0 Å². The predicted octanol–water partition coefficient (Wildman–Crippen LogP) is 3.07. The number of hydrogen-bond donors (Lipinski definition) is 1. The number of carbonyl (C=O) groups is 1. The molecule has 15 heavy (non-hydrogen) atoms. The fraction of sp³-hybridized carbons (Fsp3) is 0.300. The number of aryl methyl sites for hydroxylation is 2. The summed E-state index contributed by atoms with van der Waals surface area (Å²) in [7, 11) is 0. The van der Waals surface area contributed by atoms with Crippen LogP contribution in [0.15, 0.2) is 23.1 Å². The molecule has 0 aliphatic rings. The van der Waals surface area contributed by atoms with E-state index in [-0.39, 0.29) is 16.7 Å². The number of benzene rings is 1. The third-order valence-electron chi connectivity index (χ3n) is 1.82. The second-order valence-corrected chi connectivity index (χ2v) is 4.35. The molecule has 82 valence electrons. The molecule has 0 radical (unpaired) electrons. The van der Waals surface area contributed by atoms with Crippen LogP contribution in [0.2, 0.25) is 0 Å². The van der Waals surface area contributed by atoms with Gasteiger partial charge in [-0.2, -0.15) is 8.78 Å². The van der Waals surface area contributed by atoms with Crippen LogP contribution in [0.4, 0.5) is 8.78 Å². The van der Waals surface area contributed by atoms with E-state index in [0.29, 0.717) is 5.56 Å². The van der Waals surface area contributed by atoms with Gasteiger partial charge in [0.05, 0.1) is 0 Å². The minimum absolute atomic E-state index is 0.0564. The number of carboxylic acids is 1. The van der Waals surface area contributed by atoms with Crippen molar-refractivity contribution in [1.29, 1.82) is 0 Å². The van der Waals surface area contributed by atoms with Gasteiger partial charge in [-0.15, -0.1) is 0 Å². The lowest BCUT2D eigenvalue weighted by Crippen LogP contribution is -2.23. The standard InChI is InChI=1S/C10H10F2O2S/c1-6-3-4-8(7(2)5-6)15-10(11,12)9(13)14/h3-5H,1-2H3,(H,13,14). The lowest BCUT2D eigenvalue weighted by molar-refractivity contribution is -0.152. The van der Waals surface area contributed by atoms with Gasteiger partial charge < -0.3 is 5.11 Å². The van der Waals surface area contributed by atoms with E-state index in [1.54, 1.807) is 19.1 Å². The van der Waals surface area contributed by atoms with E-state index in [2.05, 4.69) is 0 Å². The van der Waals surface area contributed by atoms with Crippen molar-refractivity contribution in [3.05, 3.63) is 29.3 Å². The number of halogens is 2. The fourth-order valence-corrected chi connectivity index (χ4v) is 1.82. The van der Waals surface area contributed by atoms with Crippen molar-refractivity contribution in [2.75, 3.05) is 0 Å². The average molecular weight is 232 g/mol. The summed E-state index contributed by atoms with van der Waals surface area (Å²) < 4.78 is 25.8. The molecule has 1 N–H and O–H groups in total. The van der Waals surface area contributed by atoms with E-state index in [1.807, 2.05) is 6.92 Å². The van der Waals surface area contributed by atoms with E-state index in [1.165, 1.54) is 6.07 Å². The van der Waals surface area contributed by atoms with Crippen molar-refractivity contribution in [3.63, 3.8) is 0 Å². The van der Waals surface area contributed by atoms with Crippen molar-refractivity contribution in [3.8, 4) is 0 Å². The summed E-state index contributed by atoms with van der Waals surface area (Å²) in [6.07, 6.45) is 0. The maximum absolute atomic E-state index is 12.9. The van der Waals surface area contributed by atoms with Crippen molar-refractivity contribution in [1.82, 2.24) is 0 Å². The van der Waals surface area contributed by atoms with Crippen LogP contribution in [0, 0.1) is 13.8 Å². The lowest BCUT2D eigenvalue weighted by atomic mass is 10.2. The molecular formula is C10H10F2O2S. The van der Waals surface area contributed by atoms with Gasteiger partial charge in [0.25, 0.3) is 0 Å². The summed E-state index contributed by atoms with van der Waals surface area (Å²) in [5.41, 5.74) is 1.61. The van der Waals surface area contributed by atoms with Crippen LogP contribution in [-0.4, -0.2) is 16.3 Å². The molecule has 0 atom stereocenters. The molecule has 0 fully saturated rings. The average Bonchev–Trinajstić information content (AvgIpc) is 2.09. The Kier molecular flexibility index (Phi) is 3.34. The zero-order valence-corrected chi connectivity index (χ0v) is 9.07. The van der Waals surface area contributed by atoms with Gasteiger partial charge >= 0.3 is 11.2 Å². The van der Waals surface area contributed by atoms with Gasteiger partial charge in [-0.3, -0.25) is 0 Å². The highest BCUT2D eigenvalue weighted by Gasteiger charge is 2.40. The first-order valence-electron chi connectivity index (χ1n) is 4.20. The maximum Gasteiger partial charge on any atom is 0.393 e. The van der Waals surface area contributed by atoms with E-state index in [9.17, 15) is 13.6 Å². The summed E-state index contributed by atoms with van der Waals surface area (Å²) in [5.74, 6) is -2.12. The van der Waals surface area contributed by atoms with Crippen LogP contribution < -0.4 is 0 Å². The van der Waals surface area contributed by atoms with E-state index < -0.39 is 11.2 Å². The van der Waals surface area contributed by atoms with Crippen LogP contribution >= 0.6 is 11.8 Å². The molecule has 0 spiro atoms. The molecule has 0 aliphatic heterocycles. The first-order chi connectivity index (χ1) is 6.83. The highest BCUT2D eigenvalue weighted by Crippen LogP contribution is 2.37. The minimum Gasteiger partial charge on any atom is -0.476 e. The van der Waals surface area contributed by atoms with Gasteiger partial charge in [-0.1, -0.05) is 17.7 Å². The second-order valence-electron chi connectivity index (χ2n) is 3.19. The van der Waals surface area contributed by atoms with E-state index in [4.69, 9.17) is 5.11 Å². The first kappa shape index (κ1) is 12.0. The third kappa shape index (κ3) is 2.92. The van der Waals surface area contributed by atoms with Crippen molar-refractivity contribution in [2.24, 2.45) is 0 Å². The number of rotatable bonds is 3. The summed E-state index contributed by atoms with van der Waals surface area (Å²) in [5, 5.41) is 4.50. The maximum atomic E-state index is 12.9. The van der Waals surface area contributed by atoms with Crippen molar-refractivity contribution >= 4 is 17.7 Å². The molecule has 0 amide bonds. The SMILES string of the molecule is Cc1ccc(SC(F)(F)C(=O)O)c(C)c1. The Hall–Kier alpha value is -1.10. The van der Waals surface area contributed by atoms with Gasteiger partial charge in [0.2, 0.25) is 0 Å². The molecule has 1 aromatic rings. The summed E-state index contributed by atoms with van der Waals surface area (Å²) in [4.78, 5) is 10.5. The molecule has 0 unspecified atom stereocenters. The second kappa shape index (κ2) is 4.18. The van der Waals surface area contributed by atoms with Crippen LogP contribution in [0.3, 0.4) is 0 Å². The van der Waals surface area contributed by atoms with E-state index >= 15 is 0 Å². The monoisotopic (exact) mass is 232 g/mol. The van der Waals surface area contributed by atoms with Gasteiger partial charge in [0, 0.05) is 4.90 Å². The van der Waals surface area contributed by atoms with Crippen LogP contribution in [0.5, 0.6) is 0 Å². The molecule has 2 nitrogen and oxygen atoms in total. The highest BCUT2D eigenvalue weighted by atomic mass is 32.2. The summed E-state index contributed by atoms with van der Waals surface area (Å²) >= 11 is 0.0564. The summed E-state index contributed by atoms with van der Waals surface area (Å²) in [6, 6.07) is 4.92. The molecule has 0 aliphatic carbocycles. The van der Waals surface area contributed by atoms with Crippen LogP contribution in [0.1, 0.15) is 11.1 Å². The zero-order chi connectivity index (χ0) is 11.6. The molecule has 0 aromatic heterocycles. The molecule has 1 aromatic carbocycles. The van der Waals surface area contributed by atoms with Crippen molar-refractivity contribution in [2.45, 2.75) is 24.0 Å². The lowest BCUT2D eigenvalue weighted by Gasteiger charge is -2.12. The first-order valence-corrected chi connectivity index (χ1v) is 5.02. The Morgan fingerprint density at radius 2 is 2.00 bits per heavy atom. The normalized spacial score (nSPS) is 11.5. The van der Waals surface area contributed by atoms with Crippen LogP contribution in [-0.2, 0) is 4.79 Å². The number of alkyl halides is 2. The van der Waals surface area contributed by atoms with Gasteiger partial charge in [-0.05, 0) is 37.2 Å². The molecule has 0 bridgehead atoms. The largest absolute Gasteiger partial charge is 0.476 e. The number of hydrogen-bond acceptors (Lipinski definition) is 2. The number of aliphatic carboxylic acids is 1. The third-order valence-corrected chi connectivity index (χ3v) is 2.93. The topological polar surface area (TPSA) is 37.3 Å². The molecular weight excluding hydrogens is 222 g/mol. The Morgan fingerprint density at radius 3 is 2.47 bits per heavy atom. The fourth-order valence-electron chi connectivity index (χ4n) is 1.10. The predicted molar refractivity (Wildman–Crippen MR) is 54.4 cm³/mol. The molecule has 1 rings (SSSR count). The van der Waals surface area contributed by atoms with Crippen molar-refractivity contribution < 1.29 is 18.7 Å². The number of carboxylic acid groups (broad SMARTS) is 1. The Morgan fingerprint density at radius 1 is 1.40 bits per heavy atom. The minimum atomic E-state index is -3.78. The molecule has 5 heteroatoms. The smallest absolute Gasteiger partial charge is 0.393 e. The molecule has 0 heterocycles. The number of thioether (sulfide) groups is 1. The summed E-state index contributed by atoms with van der Waals surface area (Å²) in [6.45, 7) is 3.52. The zero-order valence-electron chi connectivity index (χ0n) is 8.25. The highest BCUT2D eigenvalue weighted by molar-refractivity contribution is 8.01.